The van der Waals surface area contributed by atoms with E-state index in [0.29, 0.717) is 36.2 Å². The van der Waals surface area contributed by atoms with Gasteiger partial charge in [0.1, 0.15) is 18.2 Å². The molecule has 3 aromatic rings. The molecule has 1 atom stereocenters. The van der Waals surface area contributed by atoms with Crippen LogP contribution in [0, 0.1) is 0 Å². The molecule has 2 aromatic heterocycles. The van der Waals surface area contributed by atoms with Crippen molar-refractivity contribution in [1.82, 2.24) is 19.8 Å². The summed E-state index contributed by atoms with van der Waals surface area (Å²) in [6.07, 6.45) is 3.59. The Morgan fingerprint density at radius 2 is 2.09 bits per heavy atom. The minimum absolute atomic E-state index is 0.0420. The molecule has 0 bridgehead atoms. The summed E-state index contributed by atoms with van der Waals surface area (Å²) in [4.78, 5) is 38.9. The summed E-state index contributed by atoms with van der Waals surface area (Å²) in [5, 5.41) is 0.790. The van der Waals surface area contributed by atoms with Gasteiger partial charge in [0.05, 0.1) is 9.85 Å². The van der Waals surface area contributed by atoms with E-state index >= 15 is 0 Å². The number of amides is 2. The van der Waals surface area contributed by atoms with Gasteiger partial charge in [0.25, 0.3) is 0 Å². The maximum atomic E-state index is 13.2. The monoisotopic (exact) mass is 469 g/mol. The first-order valence-electron chi connectivity index (χ1n) is 10.4. The van der Waals surface area contributed by atoms with Crippen molar-refractivity contribution in [3.63, 3.8) is 0 Å². The smallest absolute Gasteiger partial charge is 0.247 e. The first-order chi connectivity index (χ1) is 15.4. The molecule has 9 heteroatoms. The number of rotatable bonds is 5. The number of allylic oxidation sites excluding steroid dienone is 1. The summed E-state index contributed by atoms with van der Waals surface area (Å²) in [6, 6.07) is 8.98. The van der Waals surface area contributed by atoms with Crippen LogP contribution in [0.1, 0.15) is 30.7 Å². The highest BCUT2D eigenvalue weighted by Crippen LogP contribution is 2.28. The molecule has 4 rings (SSSR count). The van der Waals surface area contributed by atoms with Crippen molar-refractivity contribution in [1.29, 1.82) is 0 Å². The van der Waals surface area contributed by atoms with Crippen LogP contribution in [-0.4, -0.2) is 50.7 Å². The third kappa shape index (κ3) is 4.47. The largest absolute Gasteiger partial charge is 0.383 e. The summed E-state index contributed by atoms with van der Waals surface area (Å²) >= 11 is 7.44. The molecule has 0 radical (unpaired) electrons. The molecular weight excluding hydrogens is 446 g/mol. The Bertz CT molecular complexity index is 1210. The number of fused-ring (bicyclic) bond motifs is 1. The topological polar surface area (TPSA) is 92.4 Å². The number of nitrogen functional groups attached to an aromatic ring is 1. The van der Waals surface area contributed by atoms with Gasteiger partial charge in [-0.05, 0) is 48.7 Å². The molecule has 0 spiro atoms. The number of anilines is 1. The van der Waals surface area contributed by atoms with Gasteiger partial charge >= 0.3 is 0 Å². The number of aromatic nitrogens is 2. The lowest BCUT2D eigenvalue weighted by Gasteiger charge is -2.40. The average molecular weight is 470 g/mol. The molecule has 166 valence electrons. The van der Waals surface area contributed by atoms with Crippen LogP contribution in [0.25, 0.3) is 16.5 Å². The van der Waals surface area contributed by atoms with Crippen molar-refractivity contribution in [3.05, 3.63) is 57.5 Å². The predicted octanol–water partition coefficient (Wildman–Crippen LogP) is 3.98. The number of nitrogens with two attached hydrogens (primary N) is 1. The van der Waals surface area contributed by atoms with Crippen LogP contribution in [0.5, 0.6) is 0 Å². The first kappa shape index (κ1) is 22.2. The molecule has 7 nitrogen and oxygen atoms in total. The molecule has 2 N–H and O–H groups in total. The average Bonchev–Trinajstić information content (AvgIpc) is 3.21. The van der Waals surface area contributed by atoms with E-state index in [-0.39, 0.29) is 11.8 Å². The molecule has 1 unspecified atom stereocenters. The molecule has 1 saturated heterocycles. The van der Waals surface area contributed by atoms with Crippen molar-refractivity contribution < 1.29 is 9.59 Å². The van der Waals surface area contributed by atoms with Gasteiger partial charge in [-0.2, -0.15) is 0 Å². The summed E-state index contributed by atoms with van der Waals surface area (Å²) < 4.78 is 0.679. The minimum atomic E-state index is -0.481. The third-order valence-corrected chi connectivity index (χ3v) is 7.03. The van der Waals surface area contributed by atoms with E-state index in [1.807, 2.05) is 44.2 Å². The Balaban J connectivity index is 1.49. The van der Waals surface area contributed by atoms with Gasteiger partial charge in [-0.25, -0.2) is 9.97 Å². The predicted molar refractivity (Wildman–Crippen MR) is 128 cm³/mol. The summed E-state index contributed by atoms with van der Waals surface area (Å²) in [6.45, 7) is 5.23. The SMILES string of the molecule is CCC1C(=O)N(Cc2ccc3c(N)ncnc3c2)CCN1C(=O)/C=C(/C)c1ccc(Cl)s1. The van der Waals surface area contributed by atoms with Crippen LogP contribution in [0.2, 0.25) is 4.34 Å². The highest BCUT2D eigenvalue weighted by molar-refractivity contribution is 7.17. The van der Waals surface area contributed by atoms with Gasteiger partial charge in [0.15, 0.2) is 0 Å². The molecule has 1 aliphatic heterocycles. The van der Waals surface area contributed by atoms with Crippen LogP contribution in [0.4, 0.5) is 5.82 Å². The van der Waals surface area contributed by atoms with E-state index in [1.54, 1.807) is 15.9 Å². The summed E-state index contributed by atoms with van der Waals surface area (Å²) in [5.74, 6) is 0.244. The lowest BCUT2D eigenvalue weighted by Crippen LogP contribution is -2.57. The maximum Gasteiger partial charge on any atom is 0.247 e. The molecule has 1 aromatic carbocycles. The second-order valence-corrected chi connectivity index (χ2v) is 9.47. The zero-order valence-electron chi connectivity index (χ0n) is 17.9. The van der Waals surface area contributed by atoms with Crippen LogP contribution in [-0.2, 0) is 16.1 Å². The molecule has 0 saturated carbocycles. The Hall–Kier alpha value is -2.97. The fourth-order valence-corrected chi connectivity index (χ4v) is 4.98. The van der Waals surface area contributed by atoms with Crippen molar-refractivity contribution in [2.75, 3.05) is 18.8 Å². The normalized spacial score (nSPS) is 17.3. The highest BCUT2D eigenvalue weighted by atomic mass is 35.5. The molecule has 1 aliphatic rings. The number of benzene rings is 1. The molecule has 3 heterocycles. The van der Waals surface area contributed by atoms with E-state index in [0.717, 1.165) is 26.9 Å². The number of hydrogen-bond acceptors (Lipinski definition) is 6. The fourth-order valence-electron chi connectivity index (χ4n) is 3.96. The van der Waals surface area contributed by atoms with Gasteiger partial charge in [0.2, 0.25) is 11.8 Å². The minimum Gasteiger partial charge on any atom is -0.383 e. The molecular formula is C23H24ClN5O2S. The zero-order valence-corrected chi connectivity index (χ0v) is 19.5. The lowest BCUT2D eigenvalue weighted by molar-refractivity contribution is -0.149. The molecule has 1 fully saturated rings. The number of thiophene rings is 1. The van der Waals surface area contributed by atoms with Crippen molar-refractivity contribution in [2.45, 2.75) is 32.9 Å². The second kappa shape index (κ2) is 9.26. The summed E-state index contributed by atoms with van der Waals surface area (Å²) in [7, 11) is 0. The first-order valence-corrected chi connectivity index (χ1v) is 11.6. The number of hydrogen-bond donors (Lipinski definition) is 1. The number of piperazine rings is 1. The van der Waals surface area contributed by atoms with E-state index in [2.05, 4.69) is 9.97 Å². The van der Waals surface area contributed by atoms with E-state index < -0.39 is 6.04 Å². The molecule has 2 amide bonds. The Kier molecular flexibility index (Phi) is 6.43. The fraction of sp³-hybridized carbons (Fsp3) is 0.304. The zero-order chi connectivity index (χ0) is 22.8. The number of nitrogens with zero attached hydrogens (tertiary/aromatic N) is 4. The van der Waals surface area contributed by atoms with Crippen LogP contribution < -0.4 is 5.73 Å². The molecule has 32 heavy (non-hydrogen) atoms. The van der Waals surface area contributed by atoms with Gasteiger partial charge in [-0.3, -0.25) is 9.59 Å². The van der Waals surface area contributed by atoms with Crippen LogP contribution in [0.3, 0.4) is 0 Å². The van der Waals surface area contributed by atoms with Crippen molar-refractivity contribution in [2.24, 2.45) is 0 Å². The summed E-state index contributed by atoms with van der Waals surface area (Å²) in [5.41, 5.74) is 8.45. The molecule has 0 aliphatic carbocycles. The number of carbonyl (C=O) groups is 2. The third-order valence-electron chi connectivity index (χ3n) is 5.66. The van der Waals surface area contributed by atoms with E-state index in [9.17, 15) is 9.59 Å². The Morgan fingerprint density at radius 3 is 2.81 bits per heavy atom. The van der Waals surface area contributed by atoms with Gasteiger partial charge in [0, 0.05) is 36.0 Å². The van der Waals surface area contributed by atoms with Crippen molar-refractivity contribution in [3.8, 4) is 0 Å². The number of halogens is 1. The van der Waals surface area contributed by atoms with Gasteiger partial charge in [-0.15, -0.1) is 11.3 Å². The van der Waals surface area contributed by atoms with Crippen molar-refractivity contribution >= 4 is 57.0 Å². The Labute approximate surface area is 195 Å². The van der Waals surface area contributed by atoms with Crippen LogP contribution >= 0.6 is 22.9 Å². The standard InChI is InChI=1S/C23H24ClN5O2S/c1-3-18-23(31)28(12-15-4-5-16-17(11-15)26-13-27-22(16)25)8-9-29(18)21(30)10-14(2)19-6-7-20(24)32-19/h4-7,10-11,13,18H,3,8-9,12H2,1-2H3,(H2,25,26,27)/b14-10-. The lowest BCUT2D eigenvalue weighted by atomic mass is 10.1. The van der Waals surface area contributed by atoms with Crippen LogP contribution in [0.15, 0.2) is 42.7 Å². The maximum absolute atomic E-state index is 13.2. The van der Waals surface area contributed by atoms with E-state index in [1.165, 1.54) is 17.7 Å². The Morgan fingerprint density at radius 1 is 1.28 bits per heavy atom. The van der Waals surface area contributed by atoms with E-state index in [4.69, 9.17) is 17.3 Å². The quantitative estimate of drug-likeness (QED) is 0.570. The second-order valence-electron chi connectivity index (χ2n) is 7.76. The van der Waals surface area contributed by atoms with Gasteiger partial charge < -0.3 is 15.5 Å². The van der Waals surface area contributed by atoms with Gasteiger partial charge in [-0.1, -0.05) is 24.6 Å². The highest BCUT2D eigenvalue weighted by Gasteiger charge is 2.35. The number of carbonyl (C=O) groups excluding carboxylic acids is 2.